The van der Waals surface area contributed by atoms with Gasteiger partial charge >= 0.3 is 0 Å². The van der Waals surface area contributed by atoms with Crippen molar-refractivity contribution in [2.24, 2.45) is 0 Å². The largest absolute Gasteiger partial charge is 0.394 e. The minimum Gasteiger partial charge on any atom is -0.394 e. The summed E-state index contributed by atoms with van der Waals surface area (Å²) in [5, 5.41) is 69.3. The Morgan fingerprint density at radius 3 is 1.80 bits per heavy atom. The molecule has 2 aliphatic rings. The van der Waals surface area contributed by atoms with E-state index < -0.39 is 74.6 Å². The van der Waals surface area contributed by atoms with Crippen LogP contribution in [0.2, 0.25) is 0 Å². The highest BCUT2D eigenvalue weighted by Gasteiger charge is 2.47. The van der Waals surface area contributed by atoms with Crippen molar-refractivity contribution in [3.05, 3.63) is 35.9 Å². The maximum absolute atomic E-state index is 10.2. The summed E-state index contributed by atoms with van der Waals surface area (Å²) < 4.78 is 21.6. The minimum absolute atomic E-state index is 0.0890. The molecule has 2 heterocycles. The number of rotatable bonds is 7. The third kappa shape index (κ3) is 5.15. The van der Waals surface area contributed by atoms with Crippen LogP contribution in [0.1, 0.15) is 5.56 Å². The van der Waals surface area contributed by atoms with Crippen LogP contribution in [0, 0.1) is 0 Å². The van der Waals surface area contributed by atoms with E-state index in [1.165, 1.54) is 0 Å². The molecule has 2 aliphatic heterocycles. The van der Waals surface area contributed by atoms with Crippen molar-refractivity contribution < 1.29 is 54.7 Å². The lowest BCUT2D eigenvalue weighted by Gasteiger charge is -2.42. The summed E-state index contributed by atoms with van der Waals surface area (Å²) in [5.74, 6) is 0. The van der Waals surface area contributed by atoms with Gasteiger partial charge in [-0.15, -0.1) is 0 Å². The number of hydrogen-bond donors (Lipinski definition) is 7. The fourth-order valence-electron chi connectivity index (χ4n) is 3.34. The van der Waals surface area contributed by atoms with Gasteiger partial charge < -0.3 is 54.7 Å². The van der Waals surface area contributed by atoms with Crippen molar-refractivity contribution in [1.29, 1.82) is 0 Å². The van der Waals surface area contributed by atoms with Crippen molar-refractivity contribution >= 4 is 0 Å². The number of aliphatic hydroxyl groups is 7. The SMILES string of the molecule is OC[C@H]1O[C@@H](OC[C@H]2O[C@@H](OCc3ccccc3)[C@H](O)[C@@H](O)[C@H]2O)[C@H](O)[C@@H](O)[C@H]1O. The van der Waals surface area contributed by atoms with Gasteiger partial charge in [0, 0.05) is 0 Å². The second-order valence-corrected chi connectivity index (χ2v) is 7.34. The van der Waals surface area contributed by atoms with Gasteiger partial charge in [-0.05, 0) is 5.56 Å². The number of aliphatic hydroxyl groups excluding tert-OH is 7. The van der Waals surface area contributed by atoms with Gasteiger partial charge in [0.25, 0.3) is 0 Å². The smallest absolute Gasteiger partial charge is 0.187 e. The molecule has 3 rings (SSSR count). The van der Waals surface area contributed by atoms with Gasteiger partial charge in [0.15, 0.2) is 12.6 Å². The molecule has 7 N–H and O–H groups in total. The van der Waals surface area contributed by atoms with Crippen molar-refractivity contribution in [2.75, 3.05) is 13.2 Å². The van der Waals surface area contributed by atoms with E-state index in [9.17, 15) is 35.7 Å². The Morgan fingerprint density at radius 2 is 1.20 bits per heavy atom. The number of hydrogen-bond acceptors (Lipinski definition) is 11. The topological polar surface area (TPSA) is 179 Å². The molecule has 11 heteroatoms. The van der Waals surface area contributed by atoms with Crippen molar-refractivity contribution in [3.63, 3.8) is 0 Å². The molecule has 0 unspecified atom stereocenters. The van der Waals surface area contributed by atoms with Crippen LogP contribution in [0.15, 0.2) is 30.3 Å². The van der Waals surface area contributed by atoms with Gasteiger partial charge in [-0.1, -0.05) is 30.3 Å². The molecular formula is C19H28O11. The van der Waals surface area contributed by atoms with E-state index >= 15 is 0 Å². The zero-order valence-electron chi connectivity index (χ0n) is 16.0. The van der Waals surface area contributed by atoms with Gasteiger partial charge in [0.1, 0.15) is 48.8 Å². The quantitative estimate of drug-likeness (QED) is 0.231. The van der Waals surface area contributed by atoms with Crippen molar-refractivity contribution in [1.82, 2.24) is 0 Å². The molecule has 2 fully saturated rings. The number of benzene rings is 1. The average Bonchev–Trinajstić information content (AvgIpc) is 2.76. The van der Waals surface area contributed by atoms with E-state index in [1.54, 1.807) is 12.1 Å². The van der Waals surface area contributed by atoms with E-state index in [0.717, 1.165) is 5.56 Å². The second-order valence-electron chi connectivity index (χ2n) is 7.34. The van der Waals surface area contributed by atoms with E-state index in [4.69, 9.17) is 18.9 Å². The summed E-state index contributed by atoms with van der Waals surface area (Å²) >= 11 is 0. The molecule has 0 amide bonds. The zero-order chi connectivity index (χ0) is 21.8. The molecule has 170 valence electrons. The Morgan fingerprint density at radius 1 is 0.667 bits per heavy atom. The van der Waals surface area contributed by atoms with Crippen LogP contribution >= 0.6 is 0 Å². The van der Waals surface area contributed by atoms with Crippen LogP contribution in [0.25, 0.3) is 0 Å². The molecule has 0 aromatic heterocycles. The van der Waals surface area contributed by atoms with E-state index in [0.29, 0.717) is 0 Å². The first-order valence-electron chi connectivity index (χ1n) is 9.60. The monoisotopic (exact) mass is 432 g/mol. The second kappa shape index (κ2) is 10.4. The predicted molar refractivity (Wildman–Crippen MR) is 97.6 cm³/mol. The van der Waals surface area contributed by atoms with Crippen LogP contribution in [0.5, 0.6) is 0 Å². The lowest BCUT2D eigenvalue weighted by molar-refractivity contribution is -0.332. The van der Waals surface area contributed by atoms with E-state index in [-0.39, 0.29) is 6.61 Å². The lowest BCUT2D eigenvalue weighted by atomic mass is 9.98. The minimum atomic E-state index is -1.62. The van der Waals surface area contributed by atoms with Crippen molar-refractivity contribution in [3.8, 4) is 0 Å². The van der Waals surface area contributed by atoms with Crippen LogP contribution in [0.3, 0.4) is 0 Å². The summed E-state index contributed by atoms with van der Waals surface area (Å²) in [6.07, 6.45) is -14.4. The van der Waals surface area contributed by atoms with Gasteiger partial charge in [-0.25, -0.2) is 0 Å². The first kappa shape index (κ1) is 23.4. The van der Waals surface area contributed by atoms with Crippen LogP contribution in [0.4, 0.5) is 0 Å². The molecule has 0 radical (unpaired) electrons. The molecule has 0 spiro atoms. The third-order valence-corrected chi connectivity index (χ3v) is 5.20. The maximum atomic E-state index is 10.2. The molecule has 2 saturated heterocycles. The third-order valence-electron chi connectivity index (χ3n) is 5.20. The van der Waals surface area contributed by atoms with E-state index in [1.807, 2.05) is 18.2 Å². The Balaban J connectivity index is 1.58. The van der Waals surface area contributed by atoms with Crippen LogP contribution in [-0.2, 0) is 25.6 Å². The molecular weight excluding hydrogens is 404 g/mol. The fraction of sp³-hybridized carbons (Fsp3) is 0.684. The maximum Gasteiger partial charge on any atom is 0.187 e. The van der Waals surface area contributed by atoms with Gasteiger partial charge in [0.05, 0.1) is 19.8 Å². The zero-order valence-corrected chi connectivity index (χ0v) is 16.0. The summed E-state index contributed by atoms with van der Waals surface area (Å²) in [6, 6.07) is 9.07. The first-order chi connectivity index (χ1) is 14.3. The number of ether oxygens (including phenoxy) is 4. The molecule has 1 aromatic carbocycles. The highest BCUT2D eigenvalue weighted by molar-refractivity contribution is 5.13. The van der Waals surface area contributed by atoms with Gasteiger partial charge in [0.2, 0.25) is 0 Å². The van der Waals surface area contributed by atoms with Crippen molar-refractivity contribution in [2.45, 2.75) is 68.0 Å². The Kier molecular flexibility index (Phi) is 8.12. The highest BCUT2D eigenvalue weighted by atomic mass is 16.7. The first-order valence-corrected chi connectivity index (χ1v) is 9.60. The molecule has 0 saturated carbocycles. The standard InChI is InChI=1S/C19H28O11/c20-6-10-12(21)14(23)16(25)19(29-10)28-8-11-13(22)15(24)17(26)18(30-11)27-7-9-4-2-1-3-5-9/h1-5,10-26H,6-8H2/t10-,11-,12+,13+,14+,15+,16-,17-,18-,19-/m1/s1. The van der Waals surface area contributed by atoms with Gasteiger partial charge in [-0.2, -0.15) is 0 Å². The van der Waals surface area contributed by atoms with Crippen LogP contribution in [-0.4, -0.2) is 110 Å². The highest BCUT2D eigenvalue weighted by Crippen LogP contribution is 2.26. The summed E-state index contributed by atoms with van der Waals surface area (Å²) in [6.45, 7) is -0.932. The molecule has 1 aromatic rings. The normalized spacial score (nSPS) is 42.2. The summed E-state index contributed by atoms with van der Waals surface area (Å²) in [5.41, 5.74) is 0.808. The molecule has 10 atom stereocenters. The molecule has 11 nitrogen and oxygen atoms in total. The summed E-state index contributed by atoms with van der Waals surface area (Å²) in [4.78, 5) is 0. The molecule has 0 bridgehead atoms. The van der Waals surface area contributed by atoms with Crippen LogP contribution < -0.4 is 0 Å². The van der Waals surface area contributed by atoms with E-state index in [2.05, 4.69) is 0 Å². The fourth-order valence-corrected chi connectivity index (χ4v) is 3.34. The van der Waals surface area contributed by atoms with Gasteiger partial charge in [-0.3, -0.25) is 0 Å². The Bertz CT molecular complexity index is 645. The molecule has 0 aliphatic carbocycles. The molecule has 30 heavy (non-hydrogen) atoms. The summed E-state index contributed by atoms with van der Waals surface area (Å²) in [7, 11) is 0. The lowest BCUT2D eigenvalue weighted by Crippen LogP contribution is -2.61. The average molecular weight is 432 g/mol. The Hall–Kier alpha value is -1.22. The Labute approximate surface area is 172 Å². The predicted octanol–water partition coefficient (Wildman–Crippen LogP) is -3.17.